The second kappa shape index (κ2) is 4.41. The number of carboxylic acid groups (broad SMARTS) is 2. The number of piperidine rings is 1. The summed E-state index contributed by atoms with van der Waals surface area (Å²) in [6, 6.07) is 0. The molecule has 1 aliphatic heterocycles. The Morgan fingerprint density at radius 1 is 1.07 bits per heavy atom. The molecule has 0 amide bonds. The predicted octanol–water partition coefficient (Wildman–Crippen LogP) is 0.306. The smallest absolute Gasteiger partial charge is 0.303 e. The average Bonchev–Trinajstić information content (AvgIpc) is 2.01. The summed E-state index contributed by atoms with van der Waals surface area (Å²) in [5.74, 6) is -1.82. The van der Waals surface area contributed by atoms with Crippen LogP contribution in [0.2, 0.25) is 0 Å². The molecule has 0 spiro atoms. The lowest BCUT2D eigenvalue weighted by molar-refractivity contribution is -0.144. The van der Waals surface area contributed by atoms with Crippen LogP contribution in [0.15, 0.2) is 0 Å². The van der Waals surface area contributed by atoms with E-state index in [2.05, 4.69) is 5.32 Å². The zero-order valence-corrected chi connectivity index (χ0v) is 7.95. The molecule has 1 rings (SSSR count). The molecule has 80 valence electrons. The van der Waals surface area contributed by atoms with Crippen LogP contribution in [0.5, 0.6) is 0 Å². The standard InChI is InChI=1S/C9H15NO4/c11-7(12)5-9(6-8(13)14)1-3-10-4-2-9/h10H,1-6H2,(H,11,12)(H,13,14). The Labute approximate surface area is 82.1 Å². The number of aliphatic carboxylic acids is 2. The van der Waals surface area contributed by atoms with Gasteiger partial charge in [0.25, 0.3) is 0 Å². The first-order chi connectivity index (χ1) is 6.54. The molecule has 0 atom stereocenters. The Hall–Kier alpha value is -1.10. The molecule has 3 N–H and O–H groups in total. The van der Waals surface area contributed by atoms with Gasteiger partial charge >= 0.3 is 11.9 Å². The second-order valence-electron chi connectivity index (χ2n) is 3.89. The Bertz CT molecular complexity index is 215. The van der Waals surface area contributed by atoms with Crippen molar-refractivity contribution in [2.75, 3.05) is 13.1 Å². The van der Waals surface area contributed by atoms with Crippen molar-refractivity contribution in [3.05, 3.63) is 0 Å². The normalized spacial score (nSPS) is 20.3. The second-order valence-corrected chi connectivity index (χ2v) is 3.89. The maximum Gasteiger partial charge on any atom is 0.303 e. The van der Waals surface area contributed by atoms with E-state index in [4.69, 9.17) is 10.2 Å². The number of carboxylic acids is 2. The lowest BCUT2D eigenvalue weighted by atomic mass is 9.73. The van der Waals surface area contributed by atoms with E-state index in [0.29, 0.717) is 25.9 Å². The Morgan fingerprint density at radius 2 is 1.50 bits per heavy atom. The highest BCUT2D eigenvalue weighted by atomic mass is 16.4. The topological polar surface area (TPSA) is 86.6 Å². The largest absolute Gasteiger partial charge is 0.481 e. The van der Waals surface area contributed by atoms with Crippen LogP contribution in [0.4, 0.5) is 0 Å². The van der Waals surface area contributed by atoms with Crippen LogP contribution in [-0.2, 0) is 9.59 Å². The first-order valence-corrected chi connectivity index (χ1v) is 4.68. The summed E-state index contributed by atoms with van der Waals surface area (Å²) in [5.41, 5.74) is -0.539. The average molecular weight is 201 g/mol. The molecule has 1 aliphatic rings. The summed E-state index contributed by atoms with van der Waals surface area (Å²) in [6.07, 6.45) is 1.18. The van der Waals surface area contributed by atoms with Crippen LogP contribution in [0.1, 0.15) is 25.7 Å². The van der Waals surface area contributed by atoms with Crippen molar-refractivity contribution in [1.29, 1.82) is 0 Å². The van der Waals surface area contributed by atoms with Crippen molar-refractivity contribution in [2.24, 2.45) is 5.41 Å². The van der Waals surface area contributed by atoms with Gasteiger partial charge in [0.05, 0.1) is 12.8 Å². The van der Waals surface area contributed by atoms with Gasteiger partial charge in [-0.05, 0) is 31.3 Å². The maximum atomic E-state index is 10.6. The lowest BCUT2D eigenvalue weighted by Gasteiger charge is -2.35. The van der Waals surface area contributed by atoms with Gasteiger partial charge in [-0.2, -0.15) is 0 Å². The van der Waals surface area contributed by atoms with E-state index in [0.717, 1.165) is 0 Å². The SMILES string of the molecule is O=C(O)CC1(CC(=O)O)CCNCC1. The quantitative estimate of drug-likeness (QED) is 0.609. The molecule has 1 heterocycles. The van der Waals surface area contributed by atoms with Gasteiger partial charge in [-0.3, -0.25) is 9.59 Å². The molecule has 0 unspecified atom stereocenters. The molecule has 1 fully saturated rings. The molecule has 0 saturated carbocycles. The van der Waals surface area contributed by atoms with Crippen LogP contribution < -0.4 is 5.32 Å². The van der Waals surface area contributed by atoms with E-state index in [9.17, 15) is 9.59 Å². The van der Waals surface area contributed by atoms with Crippen molar-refractivity contribution in [3.63, 3.8) is 0 Å². The fourth-order valence-corrected chi connectivity index (χ4v) is 2.01. The summed E-state index contributed by atoms with van der Waals surface area (Å²) < 4.78 is 0. The van der Waals surface area contributed by atoms with Gasteiger partial charge in [-0.15, -0.1) is 0 Å². The molecule has 0 aromatic carbocycles. The van der Waals surface area contributed by atoms with Crippen molar-refractivity contribution in [3.8, 4) is 0 Å². The highest BCUT2D eigenvalue weighted by molar-refractivity contribution is 5.72. The third-order valence-corrected chi connectivity index (χ3v) is 2.72. The minimum Gasteiger partial charge on any atom is -0.481 e. The summed E-state index contributed by atoms with van der Waals surface area (Å²) in [6.45, 7) is 1.42. The molecule has 0 bridgehead atoms. The molecule has 0 aromatic heterocycles. The Balaban J connectivity index is 2.66. The monoisotopic (exact) mass is 201 g/mol. The van der Waals surface area contributed by atoms with E-state index in [1.807, 2.05) is 0 Å². The van der Waals surface area contributed by atoms with E-state index < -0.39 is 17.4 Å². The Morgan fingerprint density at radius 3 is 1.86 bits per heavy atom. The zero-order valence-electron chi connectivity index (χ0n) is 7.95. The van der Waals surface area contributed by atoms with E-state index in [1.54, 1.807) is 0 Å². The summed E-state index contributed by atoms with van der Waals surface area (Å²) in [7, 11) is 0. The third-order valence-electron chi connectivity index (χ3n) is 2.72. The minimum atomic E-state index is -0.909. The summed E-state index contributed by atoms with van der Waals surface area (Å²) in [4.78, 5) is 21.3. The molecule has 5 heteroatoms. The van der Waals surface area contributed by atoms with Crippen LogP contribution in [0.25, 0.3) is 0 Å². The maximum absolute atomic E-state index is 10.6. The van der Waals surface area contributed by atoms with Crippen molar-refractivity contribution < 1.29 is 19.8 Å². The molecule has 5 nitrogen and oxygen atoms in total. The predicted molar refractivity (Wildman–Crippen MR) is 49.0 cm³/mol. The highest BCUT2D eigenvalue weighted by Crippen LogP contribution is 2.36. The number of hydrogen-bond acceptors (Lipinski definition) is 3. The van der Waals surface area contributed by atoms with Crippen LogP contribution in [-0.4, -0.2) is 35.2 Å². The van der Waals surface area contributed by atoms with Gasteiger partial charge in [0.2, 0.25) is 0 Å². The van der Waals surface area contributed by atoms with Crippen LogP contribution >= 0.6 is 0 Å². The van der Waals surface area contributed by atoms with Crippen molar-refractivity contribution >= 4 is 11.9 Å². The zero-order chi connectivity index (χ0) is 10.6. The lowest BCUT2D eigenvalue weighted by Crippen LogP contribution is -2.39. The number of rotatable bonds is 4. The van der Waals surface area contributed by atoms with Crippen molar-refractivity contribution in [1.82, 2.24) is 5.32 Å². The molecule has 1 saturated heterocycles. The molecular formula is C9H15NO4. The molecular weight excluding hydrogens is 186 g/mol. The molecule has 14 heavy (non-hydrogen) atoms. The highest BCUT2D eigenvalue weighted by Gasteiger charge is 2.36. The summed E-state index contributed by atoms with van der Waals surface area (Å²) >= 11 is 0. The van der Waals surface area contributed by atoms with Crippen LogP contribution in [0, 0.1) is 5.41 Å². The number of hydrogen-bond donors (Lipinski definition) is 3. The fourth-order valence-electron chi connectivity index (χ4n) is 2.01. The minimum absolute atomic E-state index is 0.0407. The first kappa shape index (κ1) is 11.0. The van der Waals surface area contributed by atoms with Gasteiger partial charge in [-0.25, -0.2) is 0 Å². The third kappa shape index (κ3) is 2.99. The van der Waals surface area contributed by atoms with E-state index in [1.165, 1.54) is 0 Å². The van der Waals surface area contributed by atoms with Gasteiger partial charge < -0.3 is 15.5 Å². The van der Waals surface area contributed by atoms with E-state index >= 15 is 0 Å². The van der Waals surface area contributed by atoms with Gasteiger partial charge in [-0.1, -0.05) is 0 Å². The van der Waals surface area contributed by atoms with E-state index in [-0.39, 0.29) is 12.8 Å². The van der Waals surface area contributed by atoms with Gasteiger partial charge in [0.1, 0.15) is 0 Å². The number of carbonyl (C=O) groups is 2. The first-order valence-electron chi connectivity index (χ1n) is 4.68. The summed E-state index contributed by atoms with van der Waals surface area (Å²) in [5, 5.41) is 20.6. The van der Waals surface area contributed by atoms with Crippen molar-refractivity contribution in [2.45, 2.75) is 25.7 Å². The fraction of sp³-hybridized carbons (Fsp3) is 0.778. The molecule has 0 aromatic rings. The van der Waals surface area contributed by atoms with Gasteiger partial charge in [0.15, 0.2) is 0 Å². The van der Waals surface area contributed by atoms with Crippen LogP contribution in [0.3, 0.4) is 0 Å². The van der Waals surface area contributed by atoms with Gasteiger partial charge in [0, 0.05) is 0 Å². The molecule has 0 aliphatic carbocycles. The number of nitrogens with one attached hydrogen (secondary N) is 1. The molecule has 0 radical (unpaired) electrons. The Kier molecular flexibility index (Phi) is 3.46.